The zero-order valence-corrected chi connectivity index (χ0v) is 20.2. The van der Waals surface area contributed by atoms with Crippen molar-refractivity contribution in [2.24, 2.45) is 5.73 Å². The summed E-state index contributed by atoms with van der Waals surface area (Å²) >= 11 is 0. The highest BCUT2D eigenvalue weighted by Crippen LogP contribution is 2.27. The molecular weight excluding hydrogens is 466 g/mol. The molecule has 1 aliphatic carbocycles. The Morgan fingerprint density at radius 3 is 2.62 bits per heavy atom. The van der Waals surface area contributed by atoms with E-state index in [1.807, 2.05) is 66.7 Å². The standard InChI is InChI=1S/C28H27N7O2/c29-20-9-11-21(12-10-20)31-25-13-14-26-30-16-24(35(26)34-25)27(36)32-22-8-4-7-19(15-22)23-17-37-28(33-23)18-5-2-1-3-6-18/h1-8,13-17,20-21H,9-12,29H2,(H,31,34)(H,32,36). The summed E-state index contributed by atoms with van der Waals surface area (Å²) in [6, 6.07) is 21.6. The van der Waals surface area contributed by atoms with Crippen molar-refractivity contribution in [3.8, 4) is 22.7 Å². The quantitative estimate of drug-likeness (QED) is 0.305. The van der Waals surface area contributed by atoms with E-state index in [-0.39, 0.29) is 11.9 Å². The van der Waals surface area contributed by atoms with Crippen molar-refractivity contribution >= 4 is 23.1 Å². The Kier molecular flexibility index (Phi) is 6.11. The topological polar surface area (TPSA) is 123 Å². The molecule has 9 heteroatoms. The van der Waals surface area contributed by atoms with Gasteiger partial charge in [-0.3, -0.25) is 4.79 Å². The molecule has 4 N–H and O–H groups in total. The van der Waals surface area contributed by atoms with Gasteiger partial charge in [-0.05, 0) is 62.1 Å². The smallest absolute Gasteiger partial charge is 0.276 e. The van der Waals surface area contributed by atoms with Crippen molar-refractivity contribution in [1.29, 1.82) is 0 Å². The average Bonchev–Trinajstić information content (AvgIpc) is 3.59. The van der Waals surface area contributed by atoms with Crippen LogP contribution in [0.3, 0.4) is 0 Å². The van der Waals surface area contributed by atoms with Crippen LogP contribution in [0.1, 0.15) is 36.2 Å². The van der Waals surface area contributed by atoms with E-state index < -0.39 is 0 Å². The first kappa shape index (κ1) is 22.9. The number of fused-ring (bicyclic) bond motifs is 1. The van der Waals surface area contributed by atoms with Gasteiger partial charge in [-0.1, -0.05) is 30.3 Å². The van der Waals surface area contributed by atoms with Crippen LogP contribution in [0.25, 0.3) is 28.4 Å². The number of oxazole rings is 1. The molecule has 0 saturated heterocycles. The number of carbonyl (C=O) groups is 1. The molecule has 0 radical (unpaired) electrons. The highest BCUT2D eigenvalue weighted by molar-refractivity contribution is 6.03. The second-order valence-electron chi connectivity index (χ2n) is 9.33. The predicted molar refractivity (Wildman–Crippen MR) is 142 cm³/mol. The van der Waals surface area contributed by atoms with Crippen LogP contribution in [0.4, 0.5) is 11.5 Å². The van der Waals surface area contributed by atoms with Crippen LogP contribution in [0, 0.1) is 0 Å². The zero-order chi connectivity index (χ0) is 25.2. The van der Waals surface area contributed by atoms with Gasteiger partial charge in [0.1, 0.15) is 17.8 Å². The fourth-order valence-corrected chi connectivity index (χ4v) is 4.65. The summed E-state index contributed by atoms with van der Waals surface area (Å²) in [6.45, 7) is 0. The lowest BCUT2D eigenvalue weighted by molar-refractivity contribution is 0.102. The first-order valence-corrected chi connectivity index (χ1v) is 12.4. The average molecular weight is 494 g/mol. The molecule has 1 aliphatic rings. The zero-order valence-electron chi connectivity index (χ0n) is 20.2. The van der Waals surface area contributed by atoms with Gasteiger partial charge in [0.25, 0.3) is 5.91 Å². The van der Waals surface area contributed by atoms with Crippen LogP contribution in [0.5, 0.6) is 0 Å². The maximum Gasteiger partial charge on any atom is 0.276 e. The lowest BCUT2D eigenvalue weighted by atomic mass is 9.92. The number of hydrogen-bond acceptors (Lipinski definition) is 7. The molecule has 0 atom stereocenters. The molecule has 0 aliphatic heterocycles. The maximum atomic E-state index is 13.2. The van der Waals surface area contributed by atoms with E-state index in [2.05, 4.69) is 25.7 Å². The Balaban J connectivity index is 1.19. The third-order valence-corrected chi connectivity index (χ3v) is 6.66. The molecule has 0 spiro atoms. The second-order valence-corrected chi connectivity index (χ2v) is 9.33. The molecule has 1 amide bonds. The Bertz CT molecular complexity index is 1530. The van der Waals surface area contributed by atoms with E-state index >= 15 is 0 Å². The Morgan fingerprint density at radius 2 is 1.78 bits per heavy atom. The highest BCUT2D eigenvalue weighted by Gasteiger charge is 2.20. The number of amides is 1. The summed E-state index contributed by atoms with van der Waals surface area (Å²) in [6.07, 6.45) is 7.17. The van der Waals surface area contributed by atoms with Gasteiger partial charge in [0.2, 0.25) is 5.89 Å². The SMILES string of the molecule is NC1CCC(Nc2ccc3ncc(C(=O)Nc4cccc(-c5coc(-c6ccccc6)n5)c4)n3n2)CC1. The van der Waals surface area contributed by atoms with E-state index in [1.54, 1.807) is 10.8 Å². The van der Waals surface area contributed by atoms with Crippen molar-refractivity contribution in [2.75, 3.05) is 10.6 Å². The van der Waals surface area contributed by atoms with Crippen molar-refractivity contribution in [2.45, 2.75) is 37.8 Å². The van der Waals surface area contributed by atoms with Gasteiger partial charge in [-0.2, -0.15) is 0 Å². The van der Waals surface area contributed by atoms with Gasteiger partial charge >= 0.3 is 0 Å². The Labute approximate surface area is 213 Å². The van der Waals surface area contributed by atoms with Gasteiger partial charge in [0.05, 0.1) is 6.20 Å². The van der Waals surface area contributed by atoms with Crippen molar-refractivity contribution in [3.05, 3.63) is 84.9 Å². The number of imidazole rings is 1. The summed E-state index contributed by atoms with van der Waals surface area (Å²) in [5.41, 5.74) is 10.0. The first-order valence-electron chi connectivity index (χ1n) is 12.4. The highest BCUT2D eigenvalue weighted by atomic mass is 16.3. The summed E-state index contributed by atoms with van der Waals surface area (Å²) in [4.78, 5) is 22.1. The lowest BCUT2D eigenvalue weighted by Crippen LogP contribution is -2.33. The molecule has 9 nitrogen and oxygen atoms in total. The number of nitrogens with zero attached hydrogens (tertiary/aromatic N) is 4. The lowest BCUT2D eigenvalue weighted by Gasteiger charge is -2.27. The second kappa shape index (κ2) is 9.87. The molecule has 0 unspecified atom stereocenters. The Morgan fingerprint density at radius 1 is 0.973 bits per heavy atom. The van der Waals surface area contributed by atoms with Gasteiger partial charge in [-0.25, -0.2) is 14.5 Å². The molecule has 186 valence electrons. The molecule has 5 aromatic rings. The fourth-order valence-electron chi connectivity index (χ4n) is 4.65. The Hall–Kier alpha value is -4.50. The summed E-state index contributed by atoms with van der Waals surface area (Å²) in [5, 5.41) is 11.1. The molecule has 6 rings (SSSR count). The molecule has 3 heterocycles. The molecule has 3 aromatic heterocycles. The van der Waals surface area contributed by atoms with Gasteiger partial charge in [0.15, 0.2) is 11.3 Å². The van der Waals surface area contributed by atoms with E-state index in [0.29, 0.717) is 40.5 Å². The van der Waals surface area contributed by atoms with E-state index in [9.17, 15) is 4.79 Å². The third-order valence-electron chi connectivity index (χ3n) is 6.66. The van der Waals surface area contributed by atoms with Crippen LogP contribution >= 0.6 is 0 Å². The summed E-state index contributed by atoms with van der Waals surface area (Å²) < 4.78 is 7.24. The number of hydrogen-bond donors (Lipinski definition) is 3. The van der Waals surface area contributed by atoms with Gasteiger partial charge in [0, 0.05) is 28.9 Å². The minimum Gasteiger partial charge on any atom is -0.444 e. The number of nitrogens with one attached hydrogen (secondary N) is 2. The molecule has 37 heavy (non-hydrogen) atoms. The largest absolute Gasteiger partial charge is 0.444 e. The molecule has 0 bridgehead atoms. The number of aromatic nitrogens is 4. The summed E-state index contributed by atoms with van der Waals surface area (Å²) in [7, 11) is 0. The van der Waals surface area contributed by atoms with Crippen LogP contribution in [-0.2, 0) is 0 Å². The van der Waals surface area contributed by atoms with Crippen molar-refractivity contribution in [1.82, 2.24) is 19.6 Å². The molecule has 1 fully saturated rings. The molecule has 1 saturated carbocycles. The molecular formula is C28H27N7O2. The number of rotatable bonds is 6. The number of nitrogens with two attached hydrogens (primary N) is 1. The minimum absolute atomic E-state index is 0.283. The van der Waals surface area contributed by atoms with Crippen LogP contribution in [0.2, 0.25) is 0 Å². The predicted octanol–water partition coefficient (Wildman–Crippen LogP) is 4.99. The molecule has 2 aromatic carbocycles. The van der Waals surface area contributed by atoms with E-state index in [4.69, 9.17) is 10.2 Å². The first-order chi connectivity index (χ1) is 18.1. The maximum absolute atomic E-state index is 13.2. The number of carbonyl (C=O) groups excluding carboxylic acids is 1. The van der Waals surface area contributed by atoms with E-state index in [1.165, 1.54) is 6.20 Å². The van der Waals surface area contributed by atoms with Crippen LogP contribution < -0.4 is 16.4 Å². The van der Waals surface area contributed by atoms with Crippen molar-refractivity contribution < 1.29 is 9.21 Å². The normalized spacial score (nSPS) is 17.5. The fraction of sp³-hybridized carbons (Fsp3) is 0.214. The van der Waals surface area contributed by atoms with Crippen LogP contribution in [0.15, 0.2) is 83.6 Å². The van der Waals surface area contributed by atoms with Gasteiger partial charge in [-0.15, -0.1) is 5.10 Å². The minimum atomic E-state index is -0.303. The van der Waals surface area contributed by atoms with Crippen LogP contribution in [-0.4, -0.2) is 37.6 Å². The van der Waals surface area contributed by atoms with Gasteiger partial charge < -0.3 is 20.8 Å². The summed E-state index contributed by atoms with van der Waals surface area (Å²) in [5.74, 6) is 0.952. The third kappa shape index (κ3) is 4.94. The number of benzene rings is 2. The number of anilines is 2. The van der Waals surface area contributed by atoms with Crippen molar-refractivity contribution in [3.63, 3.8) is 0 Å². The monoisotopic (exact) mass is 493 g/mol. The van der Waals surface area contributed by atoms with E-state index in [0.717, 1.165) is 36.8 Å².